The molecule has 0 saturated heterocycles. The van der Waals surface area contributed by atoms with Crippen LogP contribution in [0, 0.1) is 5.82 Å². The molecule has 0 aliphatic heterocycles. The summed E-state index contributed by atoms with van der Waals surface area (Å²) in [5, 5.41) is 19.9. The van der Waals surface area contributed by atoms with Gasteiger partial charge in [0.2, 0.25) is 16.9 Å². The second kappa shape index (κ2) is 8.18. The second-order valence-corrected chi connectivity index (χ2v) is 6.79. The van der Waals surface area contributed by atoms with Crippen molar-refractivity contribution in [1.29, 1.82) is 0 Å². The monoisotopic (exact) mass is 367 g/mol. The van der Waals surface area contributed by atoms with Gasteiger partial charge in [0, 0.05) is 19.2 Å². The van der Waals surface area contributed by atoms with Crippen LogP contribution in [0.3, 0.4) is 0 Å². The van der Waals surface area contributed by atoms with Crippen LogP contribution in [-0.4, -0.2) is 40.7 Å². The van der Waals surface area contributed by atoms with Gasteiger partial charge in [0.25, 0.3) is 0 Å². The van der Waals surface area contributed by atoms with Crippen LogP contribution in [0.5, 0.6) is 0 Å². The summed E-state index contributed by atoms with van der Waals surface area (Å²) < 4.78 is 24.3. The smallest absolute Gasteiger partial charge is 0.247 e. The standard InChI is InChI=1S/C14H14FN5O2S2/c1-21-7-6-16-13-19-20-14(24-13)23-8-11-17-18-12(22-11)9-2-4-10(15)5-3-9/h2-5H,6-8H2,1H3,(H,16,19). The Morgan fingerprint density at radius 1 is 1.21 bits per heavy atom. The molecule has 0 amide bonds. The molecule has 7 nitrogen and oxygen atoms in total. The van der Waals surface area contributed by atoms with E-state index in [0.717, 1.165) is 9.47 Å². The number of methoxy groups -OCH3 is 1. The fourth-order valence-corrected chi connectivity index (χ4v) is 3.36. The third-order valence-corrected chi connectivity index (χ3v) is 4.87. The predicted octanol–water partition coefficient (Wildman–Crippen LogP) is 3.08. The van der Waals surface area contributed by atoms with Gasteiger partial charge < -0.3 is 14.5 Å². The highest BCUT2D eigenvalue weighted by Crippen LogP contribution is 2.28. The molecule has 0 radical (unpaired) electrons. The zero-order valence-electron chi connectivity index (χ0n) is 12.7. The van der Waals surface area contributed by atoms with Crippen molar-refractivity contribution in [3.8, 4) is 11.5 Å². The summed E-state index contributed by atoms with van der Waals surface area (Å²) in [6, 6.07) is 5.91. The number of benzene rings is 1. The molecule has 24 heavy (non-hydrogen) atoms. The highest BCUT2D eigenvalue weighted by Gasteiger charge is 2.11. The van der Waals surface area contributed by atoms with Crippen LogP contribution in [0.4, 0.5) is 9.52 Å². The van der Waals surface area contributed by atoms with E-state index >= 15 is 0 Å². The van der Waals surface area contributed by atoms with Gasteiger partial charge in [-0.15, -0.1) is 20.4 Å². The van der Waals surface area contributed by atoms with E-state index in [2.05, 4.69) is 25.7 Å². The van der Waals surface area contributed by atoms with Crippen molar-refractivity contribution in [2.75, 3.05) is 25.6 Å². The number of nitrogens with zero attached hydrogens (tertiary/aromatic N) is 4. The Balaban J connectivity index is 1.54. The van der Waals surface area contributed by atoms with Gasteiger partial charge in [0.1, 0.15) is 5.82 Å². The van der Waals surface area contributed by atoms with Crippen molar-refractivity contribution < 1.29 is 13.5 Å². The van der Waals surface area contributed by atoms with Gasteiger partial charge in [0.05, 0.1) is 12.4 Å². The van der Waals surface area contributed by atoms with Crippen LogP contribution < -0.4 is 5.32 Å². The van der Waals surface area contributed by atoms with Gasteiger partial charge in [-0.1, -0.05) is 23.1 Å². The van der Waals surface area contributed by atoms with Crippen molar-refractivity contribution >= 4 is 28.2 Å². The van der Waals surface area contributed by atoms with E-state index in [0.29, 0.717) is 36.2 Å². The van der Waals surface area contributed by atoms with Gasteiger partial charge in [-0.05, 0) is 24.3 Å². The van der Waals surface area contributed by atoms with E-state index in [4.69, 9.17) is 9.15 Å². The topological polar surface area (TPSA) is 86.0 Å². The number of rotatable bonds is 8. The van der Waals surface area contributed by atoms with Crippen LogP contribution in [0.1, 0.15) is 5.89 Å². The maximum atomic E-state index is 12.9. The number of anilines is 1. The summed E-state index contributed by atoms with van der Waals surface area (Å²) in [5.41, 5.74) is 0.681. The van der Waals surface area contributed by atoms with E-state index < -0.39 is 0 Å². The average Bonchev–Trinajstić information content (AvgIpc) is 3.23. The minimum Gasteiger partial charge on any atom is -0.420 e. The number of hydrogen-bond donors (Lipinski definition) is 1. The Labute approximate surface area is 145 Å². The Hall–Kier alpha value is -2.04. The second-order valence-electron chi connectivity index (χ2n) is 4.59. The molecule has 2 heterocycles. The molecule has 1 aromatic carbocycles. The molecule has 10 heteroatoms. The van der Waals surface area contributed by atoms with Crippen molar-refractivity contribution in [2.24, 2.45) is 0 Å². The van der Waals surface area contributed by atoms with Crippen molar-refractivity contribution in [1.82, 2.24) is 20.4 Å². The number of nitrogens with one attached hydrogen (secondary N) is 1. The molecule has 0 fully saturated rings. The van der Waals surface area contributed by atoms with Crippen LogP contribution in [0.25, 0.3) is 11.5 Å². The molecule has 0 bridgehead atoms. The van der Waals surface area contributed by atoms with Crippen LogP contribution in [-0.2, 0) is 10.5 Å². The first-order chi connectivity index (χ1) is 11.7. The quantitative estimate of drug-likeness (QED) is 0.480. The molecule has 0 spiro atoms. The first kappa shape index (κ1) is 16.8. The molecule has 126 valence electrons. The van der Waals surface area contributed by atoms with Gasteiger partial charge >= 0.3 is 0 Å². The molecule has 0 saturated carbocycles. The zero-order valence-corrected chi connectivity index (χ0v) is 14.4. The van der Waals surface area contributed by atoms with Gasteiger partial charge in [0.15, 0.2) is 4.34 Å². The lowest BCUT2D eigenvalue weighted by atomic mass is 10.2. The van der Waals surface area contributed by atoms with Crippen LogP contribution in [0.15, 0.2) is 33.0 Å². The van der Waals surface area contributed by atoms with E-state index in [9.17, 15) is 4.39 Å². The maximum absolute atomic E-state index is 12.9. The summed E-state index contributed by atoms with van der Waals surface area (Å²) in [5.74, 6) is 1.02. The Morgan fingerprint density at radius 3 is 2.83 bits per heavy atom. The Morgan fingerprint density at radius 2 is 2.04 bits per heavy atom. The minimum atomic E-state index is -0.305. The maximum Gasteiger partial charge on any atom is 0.247 e. The van der Waals surface area contributed by atoms with Gasteiger partial charge in [-0.3, -0.25) is 0 Å². The number of halogens is 1. The third kappa shape index (κ3) is 4.49. The first-order valence-corrected chi connectivity index (χ1v) is 8.82. The summed E-state index contributed by atoms with van der Waals surface area (Å²) in [4.78, 5) is 0. The normalized spacial score (nSPS) is 10.9. The molecule has 0 aliphatic carbocycles. The first-order valence-electron chi connectivity index (χ1n) is 7.02. The van der Waals surface area contributed by atoms with Crippen molar-refractivity contribution in [3.05, 3.63) is 36.0 Å². The number of aromatic nitrogens is 4. The molecule has 0 atom stereocenters. The predicted molar refractivity (Wildman–Crippen MR) is 89.5 cm³/mol. The molecule has 0 aliphatic rings. The zero-order chi connectivity index (χ0) is 16.8. The van der Waals surface area contributed by atoms with Crippen molar-refractivity contribution in [2.45, 2.75) is 10.1 Å². The highest BCUT2D eigenvalue weighted by molar-refractivity contribution is 8.00. The minimum absolute atomic E-state index is 0.305. The molecule has 3 rings (SSSR count). The lowest BCUT2D eigenvalue weighted by Gasteiger charge is -1.98. The number of thioether (sulfide) groups is 1. The Bertz CT molecular complexity index is 778. The largest absolute Gasteiger partial charge is 0.420 e. The fourth-order valence-electron chi connectivity index (χ4n) is 1.74. The van der Waals surface area contributed by atoms with E-state index in [1.165, 1.54) is 35.2 Å². The van der Waals surface area contributed by atoms with Gasteiger partial charge in [-0.2, -0.15) is 0 Å². The number of hydrogen-bond acceptors (Lipinski definition) is 9. The molecular formula is C14H14FN5O2S2. The molecule has 0 unspecified atom stereocenters. The van der Waals surface area contributed by atoms with Crippen molar-refractivity contribution in [3.63, 3.8) is 0 Å². The summed E-state index contributed by atoms with van der Waals surface area (Å²) in [6.45, 7) is 1.29. The van der Waals surface area contributed by atoms with E-state index in [1.807, 2.05) is 0 Å². The number of ether oxygens (including phenoxy) is 1. The summed E-state index contributed by atoms with van der Waals surface area (Å²) >= 11 is 2.91. The summed E-state index contributed by atoms with van der Waals surface area (Å²) in [7, 11) is 1.65. The summed E-state index contributed by atoms with van der Waals surface area (Å²) in [6.07, 6.45) is 0. The lowest BCUT2D eigenvalue weighted by molar-refractivity contribution is 0.211. The fraction of sp³-hybridized carbons (Fsp3) is 0.286. The lowest BCUT2D eigenvalue weighted by Crippen LogP contribution is -2.06. The molecule has 3 aromatic rings. The average molecular weight is 367 g/mol. The molecular weight excluding hydrogens is 353 g/mol. The Kier molecular flexibility index (Phi) is 5.72. The van der Waals surface area contributed by atoms with Crippen LogP contribution in [0.2, 0.25) is 0 Å². The molecule has 1 N–H and O–H groups in total. The highest BCUT2D eigenvalue weighted by atomic mass is 32.2. The third-order valence-electron chi connectivity index (χ3n) is 2.87. The van der Waals surface area contributed by atoms with Gasteiger partial charge in [-0.25, -0.2) is 4.39 Å². The van der Waals surface area contributed by atoms with E-state index in [-0.39, 0.29) is 5.82 Å². The molecule has 2 aromatic heterocycles. The van der Waals surface area contributed by atoms with Crippen LogP contribution >= 0.6 is 23.1 Å². The van der Waals surface area contributed by atoms with E-state index in [1.54, 1.807) is 19.2 Å². The SMILES string of the molecule is COCCNc1nnc(SCc2nnc(-c3ccc(F)cc3)o2)s1.